The summed E-state index contributed by atoms with van der Waals surface area (Å²) in [5.41, 5.74) is 6.80. The minimum absolute atomic E-state index is 0.0334. The lowest BCUT2D eigenvalue weighted by Crippen LogP contribution is -2.18. The standard InChI is InChI=1S/C22H19FN6O3/c1-13-21(27-28-29(13)10-11-32-15-8-6-14(23)7-9-15)26-22(31)19-12-17(20(24)30)16-4-2-3-5-18(16)25-19/h2-9,12H,10-11H2,1H3,(H2,24,30)(H,26,31). The lowest BCUT2D eigenvalue weighted by atomic mass is 10.1. The van der Waals surface area contributed by atoms with Crippen LogP contribution in [-0.2, 0) is 6.54 Å². The Labute approximate surface area is 182 Å². The number of hydrogen-bond donors (Lipinski definition) is 2. The fourth-order valence-electron chi connectivity index (χ4n) is 3.14. The zero-order valence-corrected chi connectivity index (χ0v) is 17.1. The van der Waals surface area contributed by atoms with Crippen LogP contribution in [-0.4, -0.2) is 38.4 Å². The molecular weight excluding hydrogens is 415 g/mol. The summed E-state index contributed by atoms with van der Waals surface area (Å²) in [6, 6.07) is 14.0. The number of pyridine rings is 1. The van der Waals surface area contributed by atoms with Gasteiger partial charge >= 0.3 is 0 Å². The number of nitrogens with one attached hydrogen (secondary N) is 1. The quantitative estimate of drug-likeness (QED) is 0.461. The van der Waals surface area contributed by atoms with E-state index in [0.29, 0.717) is 28.9 Å². The van der Waals surface area contributed by atoms with E-state index in [4.69, 9.17) is 10.5 Å². The summed E-state index contributed by atoms with van der Waals surface area (Å²) in [6.07, 6.45) is 0. The molecule has 0 unspecified atom stereocenters. The second-order valence-electron chi connectivity index (χ2n) is 6.94. The van der Waals surface area contributed by atoms with Crippen molar-refractivity contribution in [1.82, 2.24) is 20.0 Å². The Morgan fingerprint density at radius 1 is 1.16 bits per heavy atom. The Bertz CT molecular complexity index is 1300. The molecule has 4 rings (SSSR count). The number of primary amides is 1. The fourth-order valence-corrected chi connectivity index (χ4v) is 3.14. The van der Waals surface area contributed by atoms with E-state index < -0.39 is 11.8 Å². The molecule has 2 aromatic carbocycles. The summed E-state index contributed by atoms with van der Waals surface area (Å²) in [5.74, 6) is -0.747. The molecule has 0 atom stereocenters. The number of benzene rings is 2. The number of nitrogens with two attached hydrogens (primary N) is 1. The number of carbonyl (C=O) groups excluding carboxylic acids is 2. The lowest BCUT2D eigenvalue weighted by Gasteiger charge is -2.08. The highest BCUT2D eigenvalue weighted by Gasteiger charge is 2.18. The van der Waals surface area contributed by atoms with Gasteiger partial charge in [0.2, 0.25) is 5.91 Å². The predicted octanol–water partition coefficient (Wildman–Crippen LogP) is 2.70. The van der Waals surface area contributed by atoms with Gasteiger partial charge in [-0.25, -0.2) is 14.1 Å². The summed E-state index contributed by atoms with van der Waals surface area (Å²) >= 11 is 0. The van der Waals surface area contributed by atoms with Crippen LogP contribution in [0.25, 0.3) is 10.9 Å². The molecule has 162 valence electrons. The highest BCUT2D eigenvalue weighted by Crippen LogP contribution is 2.19. The molecule has 9 nitrogen and oxygen atoms in total. The second kappa shape index (κ2) is 8.80. The number of carbonyl (C=O) groups is 2. The molecule has 32 heavy (non-hydrogen) atoms. The Balaban J connectivity index is 1.46. The number of nitrogens with zero attached hydrogens (tertiary/aromatic N) is 4. The van der Waals surface area contributed by atoms with Crippen molar-refractivity contribution in [2.45, 2.75) is 13.5 Å². The van der Waals surface area contributed by atoms with E-state index >= 15 is 0 Å². The maximum Gasteiger partial charge on any atom is 0.275 e. The van der Waals surface area contributed by atoms with Crippen molar-refractivity contribution < 1.29 is 18.7 Å². The van der Waals surface area contributed by atoms with Crippen LogP contribution in [0.2, 0.25) is 0 Å². The summed E-state index contributed by atoms with van der Waals surface area (Å²) < 4.78 is 20.1. The largest absolute Gasteiger partial charge is 0.492 e. The molecule has 10 heteroatoms. The SMILES string of the molecule is Cc1c(NC(=O)c2cc(C(N)=O)c3ccccc3n2)nnn1CCOc1ccc(F)cc1. The normalized spacial score (nSPS) is 10.8. The zero-order valence-electron chi connectivity index (χ0n) is 17.1. The minimum Gasteiger partial charge on any atom is -0.492 e. The summed E-state index contributed by atoms with van der Waals surface area (Å²) in [6.45, 7) is 2.39. The van der Waals surface area contributed by atoms with E-state index in [-0.39, 0.29) is 29.5 Å². The smallest absolute Gasteiger partial charge is 0.275 e. The number of fused-ring (bicyclic) bond motifs is 1. The van der Waals surface area contributed by atoms with Gasteiger partial charge in [-0.2, -0.15) is 0 Å². The molecule has 0 saturated heterocycles. The van der Waals surface area contributed by atoms with Gasteiger partial charge < -0.3 is 15.8 Å². The first-order valence-electron chi connectivity index (χ1n) is 9.72. The second-order valence-corrected chi connectivity index (χ2v) is 6.94. The first-order chi connectivity index (χ1) is 15.4. The van der Waals surface area contributed by atoms with Crippen LogP contribution in [0.1, 0.15) is 26.5 Å². The third kappa shape index (κ3) is 4.38. The van der Waals surface area contributed by atoms with Crippen molar-refractivity contribution in [3.63, 3.8) is 0 Å². The number of hydrogen-bond acceptors (Lipinski definition) is 6. The number of halogens is 1. The molecule has 2 heterocycles. The Hall–Kier alpha value is -4.34. The van der Waals surface area contributed by atoms with Crippen LogP contribution in [0.3, 0.4) is 0 Å². The van der Waals surface area contributed by atoms with Gasteiger partial charge in [-0.05, 0) is 43.3 Å². The van der Waals surface area contributed by atoms with E-state index in [1.54, 1.807) is 35.9 Å². The molecule has 0 saturated carbocycles. The molecule has 0 radical (unpaired) electrons. The van der Waals surface area contributed by atoms with Crippen molar-refractivity contribution in [1.29, 1.82) is 0 Å². The molecule has 0 fully saturated rings. The van der Waals surface area contributed by atoms with Gasteiger partial charge in [0.1, 0.15) is 23.9 Å². The van der Waals surface area contributed by atoms with E-state index in [0.717, 1.165) is 0 Å². The van der Waals surface area contributed by atoms with Gasteiger partial charge in [-0.15, -0.1) is 5.10 Å². The van der Waals surface area contributed by atoms with Crippen LogP contribution in [0.5, 0.6) is 5.75 Å². The third-order valence-corrected chi connectivity index (χ3v) is 4.81. The Kier molecular flexibility index (Phi) is 5.75. The van der Waals surface area contributed by atoms with E-state index in [2.05, 4.69) is 20.6 Å². The van der Waals surface area contributed by atoms with E-state index in [9.17, 15) is 14.0 Å². The van der Waals surface area contributed by atoms with Crippen LogP contribution in [0.15, 0.2) is 54.6 Å². The molecular formula is C22H19FN6O3. The van der Waals surface area contributed by atoms with Gasteiger partial charge in [0.15, 0.2) is 5.82 Å². The summed E-state index contributed by atoms with van der Waals surface area (Å²) in [5, 5.41) is 11.2. The van der Waals surface area contributed by atoms with Crippen LogP contribution in [0, 0.1) is 12.7 Å². The van der Waals surface area contributed by atoms with Crippen LogP contribution >= 0.6 is 0 Å². The summed E-state index contributed by atoms with van der Waals surface area (Å²) in [4.78, 5) is 28.9. The maximum atomic E-state index is 13.0. The third-order valence-electron chi connectivity index (χ3n) is 4.81. The molecule has 3 N–H and O–H groups in total. The number of ether oxygens (including phenoxy) is 1. The molecule has 0 aliphatic heterocycles. The Morgan fingerprint density at radius 2 is 1.91 bits per heavy atom. The van der Waals surface area contributed by atoms with Gasteiger partial charge in [0, 0.05) is 5.39 Å². The predicted molar refractivity (Wildman–Crippen MR) is 115 cm³/mol. The molecule has 2 amide bonds. The first-order valence-corrected chi connectivity index (χ1v) is 9.72. The minimum atomic E-state index is -0.652. The fraction of sp³-hybridized carbons (Fsp3) is 0.136. The lowest BCUT2D eigenvalue weighted by molar-refractivity contribution is 0.100. The van der Waals surface area contributed by atoms with Gasteiger partial charge in [-0.1, -0.05) is 23.4 Å². The summed E-state index contributed by atoms with van der Waals surface area (Å²) in [7, 11) is 0. The van der Waals surface area contributed by atoms with Crippen LogP contribution < -0.4 is 15.8 Å². The first kappa shape index (κ1) is 20.9. The molecule has 0 spiro atoms. The van der Waals surface area contributed by atoms with Crippen molar-refractivity contribution >= 4 is 28.5 Å². The van der Waals surface area contributed by atoms with Gasteiger partial charge in [0.25, 0.3) is 5.91 Å². The number of amides is 2. The monoisotopic (exact) mass is 434 g/mol. The highest BCUT2D eigenvalue weighted by molar-refractivity contribution is 6.10. The average molecular weight is 434 g/mol. The number of para-hydroxylation sites is 1. The number of rotatable bonds is 7. The highest BCUT2D eigenvalue weighted by atomic mass is 19.1. The van der Waals surface area contributed by atoms with E-state index in [1.165, 1.54) is 30.3 Å². The molecule has 4 aromatic rings. The molecule has 0 aliphatic rings. The van der Waals surface area contributed by atoms with E-state index in [1.807, 2.05) is 0 Å². The average Bonchev–Trinajstić information content (AvgIpc) is 3.13. The van der Waals surface area contributed by atoms with Crippen molar-refractivity contribution in [2.24, 2.45) is 5.73 Å². The molecule has 0 aliphatic carbocycles. The molecule has 2 aromatic heterocycles. The van der Waals surface area contributed by atoms with Crippen LogP contribution in [0.4, 0.5) is 10.2 Å². The van der Waals surface area contributed by atoms with Gasteiger partial charge in [-0.3, -0.25) is 9.59 Å². The van der Waals surface area contributed by atoms with Crippen molar-refractivity contribution in [2.75, 3.05) is 11.9 Å². The maximum absolute atomic E-state index is 13.0. The number of anilines is 1. The van der Waals surface area contributed by atoms with Crippen molar-refractivity contribution in [3.8, 4) is 5.75 Å². The topological polar surface area (TPSA) is 125 Å². The zero-order chi connectivity index (χ0) is 22.7. The number of aromatic nitrogens is 4. The van der Waals surface area contributed by atoms with Crippen molar-refractivity contribution in [3.05, 3.63) is 77.4 Å². The van der Waals surface area contributed by atoms with Gasteiger partial charge in [0.05, 0.1) is 23.3 Å². The Morgan fingerprint density at radius 3 is 2.66 bits per heavy atom. The molecule has 0 bridgehead atoms.